The van der Waals surface area contributed by atoms with Crippen LogP contribution in [0.4, 0.5) is 5.69 Å². The Morgan fingerprint density at radius 2 is 1.96 bits per heavy atom. The molecule has 2 N–H and O–H groups in total. The molecule has 112 valence electrons. The van der Waals surface area contributed by atoms with Gasteiger partial charge in [0.25, 0.3) is 5.91 Å². The van der Waals surface area contributed by atoms with Crippen LogP contribution in [0.1, 0.15) is 15.9 Å². The molecule has 1 amide bonds. The first kappa shape index (κ1) is 15.7. The van der Waals surface area contributed by atoms with E-state index in [1.807, 2.05) is 6.07 Å². The average molecular weight is 303 g/mol. The number of benzene rings is 1. The number of pyridine rings is 1. The zero-order valence-electron chi connectivity index (χ0n) is 12.2. The minimum absolute atomic E-state index is 0.0735. The van der Waals surface area contributed by atoms with Gasteiger partial charge in [0.05, 0.1) is 11.3 Å². The zero-order valence-corrected chi connectivity index (χ0v) is 12.2. The minimum atomic E-state index is -0.263. The van der Waals surface area contributed by atoms with Gasteiger partial charge in [-0.3, -0.25) is 9.78 Å². The number of hydrogen-bond acceptors (Lipinski definition) is 5. The molecule has 1 aromatic heterocycles. The van der Waals surface area contributed by atoms with Crippen molar-refractivity contribution < 1.29 is 4.79 Å². The smallest absolute Gasteiger partial charge is 0.253 e. The monoisotopic (exact) mass is 303 g/mol. The van der Waals surface area contributed by atoms with E-state index >= 15 is 0 Å². The molecular weight excluding hydrogens is 290 g/mol. The fraction of sp³-hybridized carbons (Fsp3) is 0.0588. The highest BCUT2D eigenvalue weighted by atomic mass is 16.1. The maximum Gasteiger partial charge on any atom is 0.253 e. The SMILES string of the molecule is N#CC(C#N)=CNc1ccccc1C(=O)NCc1cccnc1. The van der Waals surface area contributed by atoms with Gasteiger partial charge in [0.15, 0.2) is 0 Å². The van der Waals surface area contributed by atoms with Crippen molar-refractivity contribution >= 4 is 11.6 Å². The molecule has 1 aromatic carbocycles. The summed E-state index contributed by atoms with van der Waals surface area (Å²) >= 11 is 0. The number of carbonyl (C=O) groups is 1. The molecule has 0 bridgehead atoms. The van der Waals surface area contributed by atoms with E-state index in [9.17, 15) is 4.79 Å². The van der Waals surface area contributed by atoms with E-state index in [2.05, 4.69) is 15.6 Å². The molecule has 0 spiro atoms. The molecular formula is C17H13N5O. The van der Waals surface area contributed by atoms with Gasteiger partial charge < -0.3 is 10.6 Å². The first-order valence-electron chi connectivity index (χ1n) is 6.77. The Bertz CT molecular complexity index is 784. The second-order valence-corrected chi connectivity index (χ2v) is 4.52. The number of anilines is 1. The van der Waals surface area contributed by atoms with Crippen LogP contribution in [0.25, 0.3) is 0 Å². The maximum atomic E-state index is 12.3. The summed E-state index contributed by atoms with van der Waals surface area (Å²) in [6, 6.07) is 14.0. The van der Waals surface area contributed by atoms with Crippen LogP contribution in [0.3, 0.4) is 0 Å². The summed E-state index contributed by atoms with van der Waals surface area (Å²) in [6.07, 6.45) is 4.62. The molecule has 0 aliphatic heterocycles. The van der Waals surface area contributed by atoms with Gasteiger partial charge in [-0.15, -0.1) is 0 Å². The molecule has 2 rings (SSSR count). The second kappa shape index (κ2) is 7.96. The van der Waals surface area contributed by atoms with Gasteiger partial charge in [-0.1, -0.05) is 18.2 Å². The lowest BCUT2D eigenvalue weighted by atomic mass is 10.1. The standard InChI is InChI=1S/C17H13N5O/c18-8-14(9-19)12-21-16-6-2-1-5-15(16)17(23)22-11-13-4-3-7-20-10-13/h1-7,10,12,21H,11H2,(H,22,23). The van der Waals surface area contributed by atoms with Crippen molar-refractivity contribution in [2.45, 2.75) is 6.54 Å². The number of nitriles is 2. The van der Waals surface area contributed by atoms with Crippen LogP contribution in [0.5, 0.6) is 0 Å². The van der Waals surface area contributed by atoms with Gasteiger partial charge >= 0.3 is 0 Å². The summed E-state index contributed by atoms with van der Waals surface area (Å²) in [4.78, 5) is 16.3. The van der Waals surface area contributed by atoms with Gasteiger partial charge in [0.1, 0.15) is 17.7 Å². The lowest BCUT2D eigenvalue weighted by molar-refractivity contribution is 0.0951. The van der Waals surface area contributed by atoms with E-state index in [-0.39, 0.29) is 11.5 Å². The molecule has 6 nitrogen and oxygen atoms in total. The van der Waals surface area contributed by atoms with Crippen LogP contribution in [0.15, 0.2) is 60.6 Å². The van der Waals surface area contributed by atoms with E-state index in [1.54, 1.807) is 54.9 Å². The summed E-state index contributed by atoms with van der Waals surface area (Å²) < 4.78 is 0. The summed E-state index contributed by atoms with van der Waals surface area (Å²) in [7, 11) is 0. The Balaban J connectivity index is 2.10. The number of carbonyl (C=O) groups excluding carboxylic acids is 1. The van der Waals surface area contributed by atoms with Crippen LogP contribution < -0.4 is 10.6 Å². The first-order chi connectivity index (χ1) is 11.2. The number of nitrogens with zero attached hydrogens (tertiary/aromatic N) is 3. The van der Waals surface area contributed by atoms with Gasteiger partial charge in [-0.05, 0) is 23.8 Å². The molecule has 0 aliphatic rings. The van der Waals surface area contributed by atoms with Crippen LogP contribution in [0, 0.1) is 22.7 Å². The van der Waals surface area contributed by atoms with Crippen LogP contribution in [-0.2, 0) is 6.54 Å². The lowest BCUT2D eigenvalue weighted by Gasteiger charge is -2.10. The molecule has 0 saturated heterocycles. The predicted molar refractivity (Wildman–Crippen MR) is 84.8 cm³/mol. The predicted octanol–water partition coefficient (Wildman–Crippen LogP) is 2.35. The Hall–Kier alpha value is -3.64. The van der Waals surface area contributed by atoms with Gasteiger partial charge in [-0.2, -0.15) is 10.5 Å². The summed E-state index contributed by atoms with van der Waals surface area (Å²) in [5.41, 5.74) is 1.75. The Kier molecular flexibility index (Phi) is 5.45. The average Bonchev–Trinajstić information content (AvgIpc) is 2.62. The number of rotatable bonds is 5. The third kappa shape index (κ3) is 4.42. The number of para-hydroxylation sites is 1. The maximum absolute atomic E-state index is 12.3. The summed E-state index contributed by atoms with van der Waals surface area (Å²) in [6.45, 7) is 0.360. The number of aromatic nitrogens is 1. The Morgan fingerprint density at radius 1 is 1.17 bits per heavy atom. The number of nitrogens with one attached hydrogen (secondary N) is 2. The van der Waals surface area contributed by atoms with Gasteiger partial charge in [-0.25, -0.2) is 0 Å². The topological polar surface area (TPSA) is 102 Å². The molecule has 0 fully saturated rings. The van der Waals surface area contributed by atoms with Gasteiger partial charge in [0, 0.05) is 25.1 Å². The van der Waals surface area contributed by atoms with Crippen molar-refractivity contribution in [2.24, 2.45) is 0 Å². The number of hydrogen-bond donors (Lipinski definition) is 2. The van der Waals surface area contributed by atoms with Crippen molar-refractivity contribution in [3.8, 4) is 12.1 Å². The molecule has 0 atom stereocenters. The van der Waals surface area contributed by atoms with Crippen molar-refractivity contribution in [3.63, 3.8) is 0 Å². The Morgan fingerprint density at radius 3 is 2.65 bits per heavy atom. The highest BCUT2D eigenvalue weighted by molar-refractivity contribution is 5.99. The van der Waals surface area contributed by atoms with E-state index in [0.717, 1.165) is 5.56 Å². The molecule has 6 heteroatoms. The van der Waals surface area contributed by atoms with Crippen LogP contribution >= 0.6 is 0 Å². The number of amides is 1. The van der Waals surface area contributed by atoms with Gasteiger partial charge in [0.2, 0.25) is 0 Å². The van der Waals surface area contributed by atoms with Crippen LogP contribution in [0.2, 0.25) is 0 Å². The number of allylic oxidation sites excluding steroid dienone is 1. The first-order valence-corrected chi connectivity index (χ1v) is 6.77. The van der Waals surface area contributed by atoms with Crippen molar-refractivity contribution in [1.29, 1.82) is 10.5 Å². The van der Waals surface area contributed by atoms with E-state index in [1.165, 1.54) is 6.20 Å². The third-order valence-corrected chi connectivity index (χ3v) is 2.96. The molecule has 0 unspecified atom stereocenters. The quantitative estimate of drug-likeness (QED) is 0.825. The molecule has 23 heavy (non-hydrogen) atoms. The van der Waals surface area contributed by atoms with Crippen molar-refractivity contribution in [2.75, 3.05) is 5.32 Å². The zero-order chi connectivity index (χ0) is 16.5. The molecule has 0 saturated carbocycles. The Labute approximate surface area is 133 Å². The molecule has 0 radical (unpaired) electrons. The molecule has 1 heterocycles. The highest BCUT2D eigenvalue weighted by Gasteiger charge is 2.10. The third-order valence-electron chi connectivity index (χ3n) is 2.96. The summed E-state index contributed by atoms with van der Waals surface area (Å²) in [5.74, 6) is -0.263. The van der Waals surface area contributed by atoms with E-state index < -0.39 is 0 Å². The summed E-state index contributed by atoms with van der Waals surface area (Å²) in [5, 5.41) is 23.1. The molecule has 2 aromatic rings. The minimum Gasteiger partial charge on any atom is -0.359 e. The fourth-order valence-corrected chi connectivity index (χ4v) is 1.83. The fourth-order valence-electron chi connectivity index (χ4n) is 1.83. The lowest BCUT2D eigenvalue weighted by Crippen LogP contribution is -2.23. The van der Waals surface area contributed by atoms with Crippen LogP contribution in [-0.4, -0.2) is 10.9 Å². The normalized spacial score (nSPS) is 9.13. The van der Waals surface area contributed by atoms with Crippen molar-refractivity contribution in [3.05, 3.63) is 71.7 Å². The second-order valence-electron chi connectivity index (χ2n) is 4.52. The highest BCUT2D eigenvalue weighted by Crippen LogP contribution is 2.15. The van der Waals surface area contributed by atoms with Crippen molar-refractivity contribution in [1.82, 2.24) is 10.3 Å². The molecule has 0 aliphatic carbocycles. The largest absolute Gasteiger partial charge is 0.359 e. The van der Waals surface area contributed by atoms with E-state index in [4.69, 9.17) is 10.5 Å². The van der Waals surface area contributed by atoms with E-state index in [0.29, 0.717) is 17.8 Å².